The van der Waals surface area contributed by atoms with Crippen LogP contribution in [0.15, 0.2) is 12.3 Å². The summed E-state index contributed by atoms with van der Waals surface area (Å²) >= 11 is 0. The predicted molar refractivity (Wildman–Crippen MR) is 92.8 cm³/mol. The summed E-state index contributed by atoms with van der Waals surface area (Å²) in [6.45, 7) is 5.97. The van der Waals surface area contributed by atoms with E-state index in [0.717, 1.165) is 48.1 Å². The Morgan fingerprint density at radius 3 is 2.92 bits per heavy atom. The molecule has 1 aliphatic rings. The molecule has 0 radical (unpaired) electrons. The van der Waals surface area contributed by atoms with Crippen molar-refractivity contribution in [2.24, 2.45) is 5.92 Å². The molecule has 4 heterocycles. The molecule has 0 aliphatic carbocycles. The number of nitrogens with zero attached hydrogens (tertiary/aromatic N) is 7. The van der Waals surface area contributed by atoms with Gasteiger partial charge in [0.1, 0.15) is 23.8 Å². The van der Waals surface area contributed by atoms with Gasteiger partial charge in [-0.15, -0.1) is 15.3 Å². The maximum Gasteiger partial charge on any atom is 0.154 e. The molecule has 8 nitrogen and oxygen atoms in total. The lowest BCUT2D eigenvalue weighted by Crippen LogP contribution is -2.10. The minimum absolute atomic E-state index is 0.587. The molecule has 132 valence electrons. The lowest BCUT2D eigenvalue weighted by Gasteiger charge is -2.06. The molecule has 0 unspecified atom stereocenters. The number of rotatable bonds is 5. The monoisotopic (exact) mass is 340 g/mol. The van der Waals surface area contributed by atoms with Gasteiger partial charge in [-0.1, -0.05) is 25.5 Å². The number of fused-ring (bicyclic) bond motifs is 1. The Kier molecular flexibility index (Phi) is 4.33. The van der Waals surface area contributed by atoms with Crippen LogP contribution in [-0.4, -0.2) is 40.0 Å². The highest BCUT2D eigenvalue weighted by Crippen LogP contribution is 2.18. The SMILES string of the molecule is CC(C)Cc1cc(-c2cn(Cc3nnc4n3CCCCC4)nn2)n[nH]1. The van der Waals surface area contributed by atoms with Crippen LogP contribution in [0.4, 0.5) is 0 Å². The van der Waals surface area contributed by atoms with Crippen molar-refractivity contribution in [1.82, 2.24) is 40.0 Å². The Labute approximate surface area is 146 Å². The Morgan fingerprint density at radius 2 is 2.04 bits per heavy atom. The summed E-state index contributed by atoms with van der Waals surface area (Å²) in [6.07, 6.45) is 7.56. The van der Waals surface area contributed by atoms with Gasteiger partial charge < -0.3 is 4.57 Å². The van der Waals surface area contributed by atoms with Crippen LogP contribution in [0.5, 0.6) is 0 Å². The van der Waals surface area contributed by atoms with Crippen molar-refractivity contribution in [3.05, 3.63) is 29.6 Å². The third kappa shape index (κ3) is 3.47. The molecular weight excluding hydrogens is 316 g/mol. The molecule has 0 aromatic carbocycles. The fraction of sp³-hybridized carbons (Fsp3) is 0.588. The fourth-order valence-corrected chi connectivity index (χ4v) is 3.34. The van der Waals surface area contributed by atoms with E-state index < -0.39 is 0 Å². The standard InChI is InChI=1S/C17H24N8/c1-12(2)8-13-9-14(19-18-13)15-10-24(23-20-15)11-17-22-21-16-6-4-3-5-7-25(16)17/h9-10,12H,3-8,11H2,1-2H3,(H,18,19). The Hall–Kier alpha value is -2.51. The Morgan fingerprint density at radius 1 is 1.12 bits per heavy atom. The van der Waals surface area contributed by atoms with Crippen LogP contribution in [0.3, 0.4) is 0 Å². The minimum Gasteiger partial charge on any atom is -0.313 e. The van der Waals surface area contributed by atoms with E-state index in [-0.39, 0.29) is 0 Å². The van der Waals surface area contributed by atoms with E-state index in [1.165, 1.54) is 19.3 Å². The van der Waals surface area contributed by atoms with Gasteiger partial charge in [-0.05, 0) is 31.2 Å². The zero-order valence-corrected chi connectivity index (χ0v) is 14.8. The third-order valence-corrected chi connectivity index (χ3v) is 4.55. The first-order chi connectivity index (χ1) is 12.2. The van der Waals surface area contributed by atoms with Crippen molar-refractivity contribution < 1.29 is 0 Å². The van der Waals surface area contributed by atoms with E-state index in [2.05, 4.69) is 55.2 Å². The second kappa shape index (κ2) is 6.78. The highest BCUT2D eigenvalue weighted by atomic mass is 15.4. The summed E-state index contributed by atoms with van der Waals surface area (Å²) in [5.74, 6) is 2.64. The lowest BCUT2D eigenvalue weighted by molar-refractivity contribution is 0.559. The van der Waals surface area contributed by atoms with Gasteiger partial charge >= 0.3 is 0 Å². The van der Waals surface area contributed by atoms with Crippen LogP contribution in [0.1, 0.15) is 50.5 Å². The van der Waals surface area contributed by atoms with Crippen molar-refractivity contribution in [1.29, 1.82) is 0 Å². The van der Waals surface area contributed by atoms with Crippen LogP contribution in [0.2, 0.25) is 0 Å². The number of hydrogen-bond donors (Lipinski definition) is 1. The second-order valence-corrected chi connectivity index (χ2v) is 7.17. The molecule has 3 aromatic rings. The molecule has 0 saturated carbocycles. The quantitative estimate of drug-likeness (QED) is 0.769. The number of hydrogen-bond acceptors (Lipinski definition) is 5. The normalized spacial score (nSPS) is 14.7. The summed E-state index contributed by atoms with van der Waals surface area (Å²) in [6, 6.07) is 2.05. The first-order valence-corrected chi connectivity index (χ1v) is 9.05. The van der Waals surface area contributed by atoms with E-state index in [1.807, 2.05) is 10.9 Å². The molecule has 25 heavy (non-hydrogen) atoms. The van der Waals surface area contributed by atoms with Gasteiger partial charge in [0, 0.05) is 18.7 Å². The molecule has 0 amide bonds. The minimum atomic E-state index is 0.587. The number of aromatic nitrogens is 8. The summed E-state index contributed by atoms with van der Waals surface area (Å²) in [7, 11) is 0. The maximum absolute atomic E-state index is 4.36. The molecule has 0 fully saturated rings. The molecule has 8 heteroatoms. The first-order valence-electron chi connectivity index (χ1n) is 9.05. The van der Waals surface area contributed by atoms with Crippen LogP contribution < -0.4 is 0 Å². The molecular formula is C17H24N8. The number of aryl methyl sites for hydroxylation is 1. The van der Waals surface area contributed by atoms with E-state index in [9.17, 15) is 0 Å². The number of H-pyrrole nitrogens is 1. The molecule has 0 spiro atoms. The van der Waals surface area contributed by atoms with E-state index in [1.54, 1.807) is 0 Å². The fourth-order valence-electron chi connectivity index (χ4n) is 3.34. The molecule has 0 bridgehead atoms. The molecule has 0 saturated heterocycles. The van der Waals surface area contributed by atoms with Gasteiger partial charge in [-0.25, -0.2) is 4.68 Å². The van der Waals surface area contributed by atoms with Gasteiger partial charge in [-0.3, -0.25) is 5.10 Å². The molecule has 1 N–H and O–H groups in total. The zero-order chi connectivity index (χ0) is 17.2. The van der Waals surface area contributed by atoms with Crippen molar-refractivity contribution >= 4 is 0 Å². The van der Waals surface area contributed by atoms with Crippen molar-refractivity contribution in [2.75, 3.05) is 0 Å². The summed E-state index contributed by atoms with van der Waals surface area (Å²) in [5, 5.41) is 24.6. The Bertz CT molecular complexity index is 841. The average Bonchev–Trinajstić information content (AvgIpc) is 3.26. The first kappa shape index (κ1) is 16.0. The van der Waals surface area contributed by atoms with Gasteiger partial charge in [0.05, 0.1) is 6.20 Å². The Balaban J connectivity index is 1.50. The van der Waals surface area contributed by atoms with E-state index in [4.69, 9.17) is 0 Å². The van der Waals surface area contributed by atoms with Crippen molar-refractivity contribution in [3.63, 3.8) is 0 Å². The van der Waals surface area contributed by atoms with Crippen LogP contribution in [0.25, 0.3) is 11.4 Å². The second-order valence-electron chi connectivity index (χ2n) is 7.17. The maximum atomic E-state index is 4.36. The molecule has 4 rings (SSSR count). The van der Waals surface area contributed by atoms with E-state index in [0.29, 0.717) is 12.5 Å². The van der Waals surface area contributed by atoms with E-state index >= 15 is 0 Å². The van der Waals surface area contributed by atoms with Crippen LogP contribution in [0, 0.1) is 5.92 Å². The topological polar surface area (TPSA) is 90.1 Å². The molecule has 0 atom stereocenters. The average molecular weight is 340 g/mol. The largest absolute Gasteiger partial charge is 0.313 e. The highest BCUT2D eigenvalue weighted by Gasteiger charge is 2.16. The highest BCUT2D eigenvalue weighted by molar-refractivity contribution is 5.52. The third-order valence-electron chi connectivity index (χ3n) is 4.55. The van der Waals surface area contributed by atoms with Gasteiger partial charge in [0.25, 0.3) is 0 Å². The predicted octanol–water partition coefficient (Wildman–Crippen LogP) is 2.23. The number of nitrogens with one attached hydrogen (secondary N) is 1. The summed E-state index contributed by atoms with van der Waals surface area (Å²) in [4.78, 5) is 0. The van der Waals surface area contributed by atoms with Gasteiger partial charge in [0.2, 0.25) is 0 Å². The van der Waals surface area contributed by atoms with Crippen molar-refractivity contribution in [2.45, 2.75) is 59.0 Å². The van der Waals surface area contributed by atoms with Gasteiger partial charge in [0.15, 0.2) is 5.82 Å². The van der Waals surface area contributed by atoms with Crippen LogP contribution in [-0.2, 0) is 25.9 Å². The van der Waals surface area contributed by atoms with Crippen LogP contribution >= 0.6 is 0 Å². The summed E-state index contributed by atoms with van der Waals surface area (Å²) < 4.78 is 4.05. The smallest absolute Gasteiger partial charge is 0.154 e. The molecule has 3 aromatic heterocycles. The summed E-state index contributed by atoms with van der Waals surface area (Å²) in [5.41, 5.74) is 2.74. The number of aromatic amines is 1. The lowest BCUT2D eigenvalue weighted by atomic mass is 10.1. The molecule has 1 aliphatic heterocycles. The van der Waals surface area contributed by atoms with Gasteiger partial charge in [-0.2, -0.15) is 5.10 Å². The van der Waals surface area contributed by atoms with Crippen molar-refractivity contribution in [3.8, 4) is 11.4 Å². The zero-order valence-electron chi connectivity index (χ0n) is 14.8.